The molecule has 2 fully saturated rings. The summed E-state index contributed by atoms with van der Waals surface area (Å²) in [6, 6.07) is 2.15. The molecule has 3 rings (SSSR count). The highest BCUT2D eigenvalue weighted by Crippen LogP contribution is 2.24. The van der Waals surface area contributed by atoms with Crippen LogP contribution in [-0.4, -0.2) is 48.7 Å². The van der Waals surface area contributed by atoms with Crippen LogP contribution in [0.25, 0.3) is 0 Å². The van der Waals surface area contributed by atoms with Crippen molar-refractivity contribution in [2.75, 3.05) is 37.7 Å². The first kappa shape index (κ1) is 15.2. The molecule has 0 spiro atoms. The first-order valence-electron chi connectivity index (χ1n) is 7.84. The fourth-order valence-corrected chi connectivity index (χ4v) is 3.06. The lowest BCUT2D eigenvalue weighted by molar-refractivity contribution is -0.122. The predicted octanol–water partition coefficient (Wildman–Crippen LogP) is 0.148. The highest BCUT2D eigenvalue weighted by atomic mass is 16.5. The zero-order valence-corrected chi connectivity index (χ0v) is 12.9. The number of rotatable bonds is 3. The molecular weight excluding hydrogens is 282 g/mol. The fraction of sp³-hybridized carbons (Fsp3) is 0.667. The Kier molecular flexibility index (Phi) is 4.54. The van der Waals surface area contributed by atoms with Gasteiger partial charge in [-0.05, 0) is 19.8 Å². The molecule has 7 nitrogen and oxygen atoms in total. The van der Waals surface area contributed by atoms with Crippen LogP contribution in [0.4, 0.5) is 5.82 Å². The van der Waals surface area contributed by atoms with E-state index in [9.17, 15) is 4.79 Å². The maximum atomic E-state index is 11.3. The van der Waals surface area contributed by atoms with Gasteiger partial charge < -0.3 is 20.7 Å². The summed E-state index contributed by atoms with van der Waals surface area (Å²) >= 11 is 0. The molecule has 0 aromatic carbocycles. The summed E-state index contributed by atoms with van der Waals surface area (Å²) in [6.45, 7) is 5.74. The normalized spacial score (nSPS) is 23.5. The van der Waals surface area contributed by atoms with Crippen molar-refractivity contribution in [3.63, 3.8) is 0 Å². The lowest BCUT2D eigenvalue weighted by Gasteiger charge is -2.32. The highest BCUT2D eigenvalue weighted by molar-refractivity contribution is 5.76. The van der Waals surface area contributed by atoms with E-state index in [-0.39, 0.29) is 17.9 Å². The number of aromatic nitrogens is 2. The number of piperidine rings is 1. The number of hydrogen-bond donors (Lipinski definition) is 2. The highest BCUT2D eigenvalue weighted by Gasteiger charge is 2.25. The minimum Gasteiger partial charge on any atom is -0.378 e. The smallest absolute Gasteiger partial charge is 0.220 e. The topological polar surface area (TPSA) is 93.4 Å². The number of carbonyl (C=O) groups is 1. The largest absolute Gasteiger partial charge is 0.378 e. The molecule has 3 heterocycles. The van der Waals surface area contributed by atoms with E-state index in [1.54, 1.807) is 0 Å². The van der Waals surface area contributed by atoms with Gasteiger partial charge in [-0.25, -0.2) is 9.97 Å². The van der Waals surface area contributed by atoms with Crippen molar-refractivity contribution in [1.29, 1.82) is 0 Å². The zero-order valence-electron chi connectivity index (χ0n) is 12.9. The number of hydrogen-bond acceptors (Lipinski definition) is 6. The standard InChI is InChI=1S/C15H23N5O2/c1-10-18-12(13-9-22-7-4-17-13)8-14(19-10)20-5-2-11(3-6-20)15(16)21/h8,11,13,17H,2-7,9H2,1H3,(H2,16,21). The molecule has 1 aromatic rings. The molecule has 0 bridgehead atoms. The van der Waals surface area contributed by atoms with Crippen LogP contribution >= 0.6 is 0 Å². The van der Waals surface area contributed by atoms with Crippen LogP contribution in [0.5, 0.6) is 0 Å². The van der Waals surface area contributed by atoms with E-state index in [2.05, 4.69) is 20.2 Å². The summed E-state index contributed by atoms with van der Waals surface area (Å²) in [7, 11) is 0. The zero-order chi connectivity index (χ0) is 15.5. The molecule has 0 saturated carbocycles. The Morgan fingerprint density at radius 2 is 2.18 bits per heavy atom. The van der Waals surface area contributed by atoms with Crippen LogP contribution in [-0.2, 0) is 9.53 Å². The minimum absolute atomic E-state index is 0.00735. The van der Waals surface area contributed by atoms with Gasteiger partial charge >= 0.3 is 0 Å². The Balaban J connectivity index is 1.74. The molecule has 1 amide bonds. The summed E-state index contributed by atoms with van der Waals surface area (Å²) in [6.07, 6.45) is 1.58. The van der Waals surface area contributed by atoms with Crippen molar-refractivity contribution in [3.8, 4) is 0 Å². The quantitative estimate of drug-likeness (QED) is 0.825. The third-order valence-corrected chi connectivity index (χ3v) is 4.34. The maximum Gasteiger partial charge on any atom is 0.220 e. The van der Waals surface area contributed by atoms with Gasteiger partial charge in [0.1, 0.15) is 11.6 Å². The molecule has 3 N–H and O–H groups in total. The van der Waals surface area contributed by atoms with Crippen molar-refractivity contribution in [2.45, 2.75) is 25.8 Å². The van der Waals surface area contributed by atoms with Crippen LogP contribution in [0.2, 0.25) is 0 Å². The molecule has 2 saturated heterocycles. The number of aryl methyl sites for hydroxylation is 1. The number of amides is 1. The van der Waals surface area contributed by atoms with Gasteiger partial charge in [0.15, 0.2) is 0 Å². The molecule has 0 aliphatic carbocycles. The lowest BCUT2D eigenvalue weighted by atomic mass is 9.96. The number of primary amides is 1. The lowest BCUT2D eigenvalue weighted by Crippen LogP contribution is -2.39. The van der Waals surface area contributed by atoms with E-state index < -0.39 is 0 Å². The number of anilines is 1. The number of nitrogens with two attached hydrogens (primary N) is 1. The van der Waals surface area contributed by atoms with Gasteiger partial charge in [0.05, 0.1) is 24.9 Å². The van der Waals surface area contributed by atoms with E-state index in [1.807, 2.05) is 13.0 Å². The Labute approximate surface area is 130 Å². The van der Waals surface area contributed by atoms with E-state index in [0.29, 0.717) is 6.61 Å². The van der Waals surface area contributed by atoms with Crippen LogP contribution in [0.15, 0.2) is 6.07 Å². The second-order valence-corrected chi connectivity index (χ2v) is 5.94. The second kappa shape index (κ2) is 6.58. The molecule has 120 valence electrons. The Bertz CT molecular complexity index is 537. The maximum absolute atomic E-state index is 11.3. The summed E-state index contributed by atoms with van der Waals surface area (Å²) in [4.78, 5) is 22.6. The molecule has 2 aliphatic heterocycles. The molecule has 22 heavy (non-hydrogen) atoms. The molecule has 1 atom stereocenters. The Morgan fingerprint density at radius 1 is 1.41 bits per heavy atom. The number of ether oxygens (including phenoxy) is 1. The molecule has 2 aliphatic rings. The second-order valence-electron chi connectivity index (χ2n) is 5.94. The number of morpholine rings is 1. The molecule has 1 aromatic heterocycles. The van der Waals surface area contributed by atoms with Gasteiger partial charge in [-0.1, -0.05) is 0 Å². The number of carbonyl (C=O) groups excluding carboxylic acids is 1. The van der Waals surface area contributed by atoms with E-state index >= 15 is 0 Å². The average molecular weight is 305 g/mol. The van der Waals surface area contributed by atoms with Gasteiger partial charge in [-0.2, -0.15) is 0 Å². The molecule has 7 heteroatoms. The monoisotopic (exact) mass is 305 g/mol. The minimum atomic E-state index is -0.192. The van der Waals surface area contributed by atoms with Gasteiger partial charge in [-0.15, -0.1) is 0 Å². The van der Waals surface area contributed by atoms with E-state index in [1.165, 1.54) is 0 Å². The third kappa shape index (κ3) is 3.36. The fourth-order valence-electron chi connectivity index (χ4n) is 3.06. The van der Waals surface area contributed by atoms with E-state index in [4.69, 9.17) is 10.5 Å². The summed E-state index contributed by atoms with van der Waals surface area (Å²) in [5.74, 6) is 1.49. The predicted molar refractivity (Wildman–Crippen MR) is 82.5 cm³/mol. The van der Waals surface area contributed by atoms with Crippen molar-refractivity contribution in [1.82, 2.24) is 15.3 Å². The molecule has 0 radical (unpaired) electrons. The molecule has 1 unspecified atom stereocenters. The van der Waals surface area contributed by atoms with Crippen molar-refractivity contribution >= 4 is 11.7 Å². The van der Waals surface area contributed by atoms with Gasteiger partial charge in [-0.3, -0.25) is 4.79 Å². The summed E-state index contributed by atoms with van der Waals surface area (Å²) in [5.41, 5.74) is 6.36. The van der Waals surface area contributed by atoms with Gasteiger partial charge in [0.2, 0.25) is 5.91 Å². The Morgan fingerprint density at radius 3 is 2.82 bits per heavy atom. The van der Waals surface area contributed by atoms with Crippen LogP contribution < -0.4 is 16.0 Å². The van der Waals surface area contributed by atoms with Gasteiger partial charge in [0, 0.05) is 31.6 Å². The van der Waals surface area contributed by atoms with Crippen molar-refractivity contribution < 1.29 is 9.53 Å². The third-order valence-electron chi connectivity index (χ3n) is 4.34. The van der Waals surface area contributed by atoms with Crippen LogP contribution in [0.3, 0.4) is 0 Å². The van der Waals surface area contributed by atoms with Crippen LogP contribution in [0, 0.1) is 12.8 Å². The molecular formula is C15H23N5O2. The summed E-state index contributed by atoms with van der Waals surface area (Å²) < 4.78 is 5.51. The summed E-state index contributed by atoms with van der Waals surface area (Å²) in [5, 5.41) is 3.42. The van der Waals surface area contributed by atoms with Crippen LogP contribution in [0.1, 0.15) is 30.4 Å². The van der Waals surface area contributed by atoms with Crippen molar-refractivity contribution in [2.24, 2.45) is 11.7 Å². The first-order chi connectivity index (χ1) is 10.6. The number of nitrogens with zero attached hydrogens (tertiary/aromatic N) is 3. The average Bonchev–Trinajstić information content (AvgIpc) is 2.55. The van der Waals surface area contributed by atoms with E-state index in [0.717, 1.165) is 56.4 Å². The van der Waals surface area contributed by atoms with Gasteiger partial charge in [0.25, 0.3) is 0 Å². The van der Waals surface area contributed by atoms with Crippen molar-refractivity contribution in [3.05, 3.63) is 17.6 Å². The Hall–Kier alpha value is -1.73. The number of nitrogens with one attached hydrogen (secondary N) is 1. The SMILES string of the molecule is Cc1nc(C2COCCN2)cc(N2CCC(C(N)=O)CC2)n1. The first-order valence-corrected chi connectivity index (χ1v) is 7.84.